The van der Waals surface area contributed by atoms with Gasteiger partial charge in [0.1, 0.15) is 11.2 Å². The smallest absolute Gasteiger partial charge is 0.139 e. The molecule has 0 aliphatic carbocycles. The second-order valence-electron chi connectivity index (χ2n) is 4.86. The molecule has 88 valence electrons. The lowest BCUT2D eigenvalue weighted by molar-refractivity contribution is 0.669. The van der Waals surface area contributed by atoms with E-state index in [4.69, 9.17) is 4.42 Å². The Hall–Kier alpha value is -2.61. The quantitative estimate of drug-likeness (QED) is 0.368. The van der Waals surface area contributed by atoms with Crippen molar-refractivity contribution in [3.63, 3.8) is 0 Å². The first-order valence-corrected chi connectivity index (χ1v) is 6.33. The molecule has 0 aliphatic heterocycles. The second-order valence-corrected chi connectivity index (χ2v) is 4.86. The maximum atomic E-state index is 5.95. The number of aromatic nitrogens is 1. The lowest BCUT2D eigenvalue weighted by Gasteiger charge is -2.06. The first-order chi connectivity index (χ1) is 9.43. The molecule has 0 saturated heterocycles. The molecule has 0 saturated carbocycles. The van der Waals surface area contributed by atoms with Crippen molar-refractivity contribution < 1.29 is 4.42 Å². The van der Waals surface area contributed by atoms with Gasteiger partial charge in [-0.25, -0.2) is 0 Å². The van der Waals surface area contributed by atoms with Crippen LogP contribution in [0.2, 0.25) is 0 Å². The van der Waals surface area contributed by atoms with Gasteiger partial charge in [-0.2, -0.15) is 0 Å². The third-order valence-electron chi connectivity index (χ3n) is 3.88. The third-order valence-corrected chi connectivity index (χ3v) is 3.88. The van der Waals surface area contributed by atoms with E-state index in [0.29, 0.717) is 0 Å². The van der Waals surface area contributed by atoms with Gasteiger partial charge in [-0.05, 0) is 22.9 Å². The summed E-state index contributed by atoms with van der Waals surface area (Å²) in [7, 11) is 0. The fraction of sp³-hybridized carbons (Fsp3) is 0. The minimum Gasteiger partial charge on any atom is -0.456 e. The predicted octanol–water partition coefficient (Wildman–Crippen LogP) is 4.73. The Balaban J connectivity index is 2.34. The Kier molecular flexibility index (Phi) is 1.49. The monoisotopic (exact) mass is 243 g/mol. The van der Waals surface area contributed by atoms with Crippen molar-refractivity contribution in [2.75, 3.05) is 0 Å². The molecule has 0 aliphatic rings. The summed E-state index contributed by atoms with van der Waals surface area (Å²) in [5.41, 5.74) is 2.89. The maximum Gasteiger partial charge on any atom is 0.139 e. The number of hydrogen-bond acceptors (Lipinski definition) is 2. The lowest BCUT2D eigenvalue weighted by Crippen LogP contribution is -1.83. The first kappa shape index (κ1) is 9.34. The molecule has 0 bridgehead atoms. The van der Waals surface area contributed by atoms with Gasteiger partial charge >= 0.3 is 0 Å². The zero-order chi connectivity index (χ0) is 12.4. The van der Waals surface area contributed by atoms with Crippen LogP contribution in [0.15, 0.2) is 59.1 Å². The van der Waals surface area contributed by atoms with Crippen LogP contribution >= 0.6 is 0 Å². The van der Waals surface area contributed by atoms with Gasteiger partial charge in [-0.15, -0.1) is 0 Å². The van der Waals surface area contributed by atoms with E-state index < -0.39 is 0 Å². The van der Waals surface area contributed by atoms with Crippen LogP contribution in [0.1, 0.15) is 0 Å². The van der Waals surface area contributed by atoms with Crippen LogP contribution in [0.25, 0.3) is 43.6 Å². The molecule has 0 spiro atoms. The van der Waals surface area contributed by atoms with Gasteiger partial charge in [-0.1, -0.05) is 36.4 Å². The highest BCUT2D eigenvalue weighted by atomic mass is 16.3. The van der Waals surface area contributed by atoms with Gasteiger partial charge in [0.05, 0.1) is 10.9 Å². The minimum absolute atomic E-state index is 0.918. The summed E-state index contributed by atoms with van der Waals surface area (Å²) >= 11 is 0. The van der Waals surface area contributed by atoms with Crippen molar-refractivity contribution in [1.82, 2.24) is 4.98 Å². The molecule has 3 aromatic carbocycles. The summed E-state index contributed by atoms with van der Waals surface area (Å²) in [6.07, 6.45) is 1.82. The van der Waals surface area contributed by atoms with Crippen molar-refractivity contribution >= 4 is 43.6 Å². The minimum atomic E-state index is 0.918. The van der Waals surface area contributed by atoms with Crippen molar-refractivity contribution in [2.24, 2.45) is 0 Å². The zero-order valence-corrected chi connectivity index (χ0v) is 10.1. The Bertz CT molecular complexity index is 974. The molecule has 2 nitrogen and oxygen atoms in total. The molecule has 0 N–H and O–H groups in total. The molecule has 5 aromatic rings. The molecule has 2 heteroatoms. The molecule has 0 radical (unpaired) electrons. The van der Waals surface area contributed by atoms with Crippen LogP contribution in [-0.2, 0) is 0 Å². The number of nitrogens with zero attached hydrogens (tertiary/aromatic N) is 1. The van der Waals surface area contributed by atoms with Crippen LogP contribution < -0.4 is 0 Å². The summed E-state index contributed by atoms with van der Waals surface area (Å²) in [6.45, 7) is 0. The van der Waals surface area contributed by atoms with E-state index >= 15 is 0 Å². The van der Waals surface area contributed by atoms with E-state index in [2.05, 4.69) is 41.4 Å². The van der Waals surface area contributed by atoms with Gasteiger partial charge in [0.2, 0.25) is 0 Å². The Labute approximate surface area is 108 Å². The number of hydrogen-bond donors (Lipinski definition) is 0. The third kappa shape index (κ3) is 1.01. The summed E-state index contributed by atoms with van der Waals surface area (Å²) < 4.78 is 5.95. The molecule has 0 fully saturated rings. The van der Waals surface area contributed by atoms with Crippen molar-refractivity contribution in [1.29, 1.82) is 0 Å². The van der Waals surface area contributed by atoms with Crippen LogP contribution in [0.5, 0.6) is 0 Å². The van der Waals surface area contributed by atoms with Crippen molar-refractivity contribution in [3.8, 4) is 0 Å². The van der Waals surface area contributed by atoms with Crippen molar-refractivity contribution in [2.45, 2.75) is 0 Å². The highest BCUT2D eigenvalue weighted by Gasteiger charge is 2.16. The summed E-state index contributed by atoms with van der Waals surface area (Å²) in [6, 6.07) is 16.6. The topological polar surface area (TPSA) is 26.0 Å². The standard InChI is InChI=1S/C17H9NO/c1-2-5-12-10(4-1)11-6-3-7-13-15(11)16-14(19-13)8-9-18-17(12)16/h1-9H. The van der Waals surface area contributed by atoms with E-state index in [-0.39, 0.29) is 0 Å². The highest BCUT2D eigenvalue weighted by molar-refractivity contribution is 6.31. The molecule has 19 heavy (non-hydrogen) atoms. The number of fused-ring (bicyclic) bond motifs is 3. The number of rotatable bonds is 0. The van der Waals surface area contributed by atoms with Gasteiger partial charge in [-0.3, -0.25) is 4.98 Å². The van der Waals surface area contributed by atoms with Crippen LogP contribution in [-0.4, -0.2) is 4.98 Å². The number of pyridine rings is 1. The molecular weight excluding hydrogens is 234 g/mol. The maximum absolute atomic E-state index is 5.95. The van der Waals surface area contributed by atoms with E-state index in [9.17, 15) is 0 Å². The molecule has 0 atom stereocenters. The Morgan fingerprint density at radius 3 is 2.42 bits per heavy atom. The zero-order valence-electron chi connectivity index (χ0n) is 10.1. The summed E-state index contributed by atoms with van der Waals surface area (Å²) in [5, 5.41) is 6.01. The van der Waals surface area contributed by atoms with Crippen LogP contribution in [0.3, 0.4) is 0 Å². The molecule has 2 heterocycles. The van der Waals surface area contributed by atoms with Gasteiger partial charge < -0.3 is 4.42 Å². The molecule has 0 unspecified atom stereocenters. The van der Waals surface area contributed by atoms with Gasteiger partial charge in [0.25, 0.3) is 0 Å². The molecule has 5 rings (SSSR count). The first-order valence-electron chi connectivity index (χ1n) is 6.33. The molecule has 2 aromatic heterocycles. The average Bonchev–Trinajstić information content (AvgIpc) is 2.86. The van der Waals surface area contributed by atoms with Gasteiger partial charge in [0, 0.05) is 17.0 Å². The lowest BCUT2D eigenvalue weighted by atomic mass is 9.97. The average molecular weight is 243 g/mol. The largest absolute Gasteiger partial charge is 0.456 e. The number of furan rings is 1. The van der Waals surface area contributed by atoms with Crippen LogP contribution in [0.4, 0.5) is 0 Å². The summed E-state index contributed by atoms with van der Waals surface area (Å²) in [5.74, 6) is 0. The normalized spacial score (nSPS) is 12.2. The predicted molar refractivity (Wildman–Crippen MR) is 77.7 cm³/mol. The van der Waals surface area contributed by atoms with Crippen molar-refractivity contribution in [3.05, 3.63) is 54.7 Å². The SMILES string of the molecule is c1ccc2c(c1)c1cccc3oc4ccnc2c4c31. The fourth-order valence-electron chi connectivity index (χ4n) is 3.12. The van der Waals surface area contributed by atoms with Crippen LogP contribution in [0, 0.1) is 0 Å². The van der Waals surface area contributed by atoms with E-state index in [0.717, 1.165) is 22.1 Å². The van der Waals surface area contributed by atoms with E-state index in [1.54, 1.807) is 0 Å². The Morgan fingerprint density at radius 2 is 1.47 bits per heavy atom. The van der Waals surface area contributed by atoms with Gasteiger partial charge in [0.15, 0.2) is 0 Å². The highest BCUT2D eigenvalue weighted by Crippen LogP contribution is 2.40. The molecule has 0 amide bonds. The summed E-state index contributed by atoms with van der Waals surface area (Å²) in [4.78, 5) is 4.57. The number of benzene rings is 3. The fourth-order valence-corrected chi connectivity index (χ4v) is 3.12. The Morgan fingerprint density at radius 1 is 0.684 bits per heavy atom. The second kappa shape index (κ2) is 3.04. The molecular formula is C17H9NO. The van der Waals surface area contributed by atoms with E-state index in [1.807, 2.05) is 18.3 Å². The van der Waals surface area contributed by atoms with E-state index in [1.165, 1.54) is 21.5 Å².